The average Bonchev–Trinajstić information content (AvgIpc) is 3.39. The molecule has 2 aromatic carbocycles. The van der Waals surface area contributed by atoms with E-state index in [1.807, 2.05) is 12.1 Å². The minimum Gasteiger partial charge on any atom is -0.459 e. The number of carbonyl (C=O) groups is 3. The lowest BCUT2D eigenvalue weighted by molar-refractivity contribution is -0.116. The minimum atomic E-state index is -0.343. The lowest BCUT2D eigenvalue weighted by atomic mass is 10.1. The van der Waals surface area contributed by atoms with Gasteiger partial charge in [0.2, 0.25) is 5.91 Å². The number of nitrogens with zero attached hydrogens (tertiary/aromatic N) is 1. The molecule has 0 aliphatic carbocycles. The molecule has 146 valence electrons. The highest BCUT2D eigenvalue weighted by Gasteiger charge is 2.23. The van der Waals surface area contributed by atoms with E-state index in [4.69, 9.17) is 4.42 Å². The van der Waals surface area contributed by atoms with Crippen LogP contribution in [0.3, 0.4) is 0 Å². The van der Waals surface area contributed by atoms with Crippen molar-refractivity contribution in [3.63, 3.8) is 0 Å². The smallest absolute Gasteiger partial charge is 0.291 e. The van der Waals surface area contributed by atoms with E-state index in [1.165, 1.54) is 13.2 Å². The van der Waals surface area contributed by atoms with Crippen molar-refractivity contribution < 1.29 is 18.8 Å². The van der Waals surface area contributed by atoms with E-state index in [0.29, 0.717) is 23.5 Å². The molecule has 0 saturated heterocycles. The van der Waals surface area contributed by atoms with Crippen LogP contribution in [-0.2, 0) is 11.2 Å². The molecule has 0 atom stereocenters. The number of rotatable bonds is 4. The van der Waals surface area contributed by atoms with Crippen LogP contribution >= 0.6 is 0 Å². The second kappa shape index (κ2) is 7.63. The molecule has 7 nitrogen and oxygen atoms in total. The van der Waals surface area contributed by atoms with Gasteiger partial charge in [0.25, 0.3) is 11.8 Å². The Balaban J connectivity index is 1.41. The molecular weight excluding hydrogens is 370 g/mol. The van der Waals surface area contributed by atoms with E-state index in [0.717, 1.165) is 17.7 Å². The Labute approximate surface area is 167 Å². The van der Waals surface area contributed by atoms with E-state index >= 15 is 0 Å². The zero-order valence-electron chi connectivity index (χ0n) is 15.8. The fraction of sp³-hybridized carbons (Fsp3) is 0.136. The van der Waals surface area contributed by atoms with Crippen molar-refractivity contribution >= 4 is 34.8 Å². The molecule has 3 amide bonds. The predicted molar refractivity (Wildman–Crippen MR) is 109 cm³/mol. The largest absolute Gasteiger partial charge is 0.459 e. The monoisotopic (exact) mass is 389 g/mol. The summed E-state index contributed by atoms with van der Waals surface area (Å²) < 4.78 is 5.05. The van der Waals surface area contributed by atoms with E-state index < -0.39 is 0 Å². The van der Waals surface area contributed by atoms with Gasteiger partial charge in [0.15, 0.2) is 5.76 Å². The summed E-state index contributed by atoms with van der Waals surface area (Å²) in [7, 11) is 0. The third-order valence-electron chi connectivity index (χ3n) is 4.76. The van der Waals surface area contributed by atoms with Crippen LogP contribution in [0.5, 0.6) is 0 Å². The van der Waals surface area contributed by atoms with Gasteiger partial charge in [-0.05, 0) is 66.6 Å². The summed E-state index contributed by atoms with van der Waals surface area (Å²) in [5.41, 5.74) is 3.59. The van der Waals surface area contributed by atoms with E-state index in [2.05, 4.69) is 10.6 Å². The normalized spacial score (nSPS) is 12.4. The van der Waals surface area contributed by atoms with Gasteiger partial charge in [-0.1, -0.05) is 0 Å². The molecule has 0 radical (unpaired) electrons. The first-order chi connectivity index (χ1) is 14.0. The van der Waals surface area contributed by atoms with Crippen molar-refractivity contribution in [1.29, 1.82) is 0 Å². The van der Waals surface area contributed by atoms with Gasteiger partial charge >= 0.3 is 0 Å². The summed E-state index contributed by atoms with van der Waals surface area (Å²) in [6, 6.07) is 15.4. The number of furan rings is 1. The molecule has 0 fully saturated rings. The molecule has 29 heavy (non-hydrogen) atoms. The Hall–Kier alpha value is -3.87. The van der Waals surface area contributed by atoms with Crippen molar-refractivity contribution in [3.05, 3.63) is 77.7 Å². The Morgan fingerprint density at radius 2 is 1.62 bits per heavy atom. The van der Waals surface area contributed by atoms with Crippen LogP contribution in [0.1, 0.15) is 33.4 Å². The average molecular weight is 389 g/mol. The Morgan fingerprint density at radius 3 is 2.24 bits per heavy atom. The third-order valence-corrected chi connectivity index (χ3v) is 4.76. The molecule has 0 unspecified atom stereocenters. The number of hydrogen-bond donors (Lipinski definition) is 2. The number of carbonyl (C=O) groups excluding carboxylic acids is 3. The summed E-state index contributed by atoms with van der Waals surface area (Å²) in [6.45, 7) is 2.18. The number of fused-ring (bicyclic) bond motifs is 1. The first-order valence-corrected chi connectivity index (χ1v) is 9.18. The number of amides is 3. The van der Waals surface area contributed by atoms with Crippen molar-refractivity contribution in [2.45, 2.75) is 13.3 Å². The quantitative estimate of drug-likeness (QED) is 0.712. The summed E-state index contributed by atoms with van der Waals surface area (Å²) in [4.78, 5) is 37.9. The van der Waals surface area contributed by atoms with E-state index in [-0.39, 0.29) is 23.5 Å². The van der Waals surface area contributed by atoms with Gasteiger partial charge in [-0.2, -0.15) is 0 Å². The second-order valence-corrected chi connectivity index (χ2v) is 6.73. The number of hydrogen-bond acceptors (Lipinski definition) is 4. The van der Waals surface area contributed by atoms with E-state index in [9.17, 15) is 14.4 Å². The summed E-state index contributed by atoms with van der Waals surface area (Å²) >= 11 is 0. The molecule has 4 rings (SSSR count). The van der Waals surface area contributed by atoms with Gasteiger partial charge in [-0.3, -0.25) is 14.4 Å². The van der Waals surface area contributed by atoms with Crippen molar-refractivity contribution in [3.8, 4) is 0 Å². The van der Waals surface area contributed by atoms with Crippen LogP contribution in [0.25, 0.3) is 0 Å². The van der Waals surface area contributed by atoms with Crippen LogP contribution in [0.4, 0.5) is 17.1 Å². The molecule has 0 spiro atoms. The molecule has 7 heteroatoms. The van der Waals surface area contributed by atoms with Crippen LogP contribution in [0.15, 0.2) is 65.3 Å². The zero-order valence-corrected chi connectivity index (χ0v) is 15.8. The van der Waals surface area contributed by atoms with Crippen molar-refractivity contribution in [1.82, 2.24) is 0 Å². The lowest BCUT2D eigenvalue weighted by Gasteiger charge is -2.14. The maximum atomic E-state index is 12.6. The topological polar surface area (TPSA) is 91.7 Å². The maximum absolute atomic E-state index is 12.6. The molecule has 1 aromatic heterocycles. The molecule has 0 saturated carbocycles. The Bertz CT molecular complexity index is 1070. The first-order valence-electron chi connectivity index (χ1n) is 9.18. The Kier molecular flexibility index (Phi) is 4.87. The van der Waals surface area contributed by atoms with Crippen LogP contribution < -0.4 is 15.5 Å². The first kappa shape index (κ1) is 18.5. The highest BCUT2D eigenvalue weighted by Crippen LogP contribution is 2.29. The Morgan fingerprint density at radius 1 is 0.931 bits per heavy atom. The predicted octanol–water partition coefficient (Wildman–Crippen LogP) is 3.69. The van der Waals surface area contributed by atoms with Crippen LogP contribution in [0, 0.1) is 0 Å². The summed E-state index contributed by atoms with van der Waals surface area (Å²) in [5.74, 6) is -0.353. The molecule has 1 aliphatic heterocycles. The van der Waals surface area contributed by atoms with Gasteiger partial charge in [-0.25, -0.2) is 0 Å². The molecule has 2 N–H and O–H groups in total. The fourth-order valence-electron chi connectivity index (χ4n) is 3.31. The molecule has 1 aliphatic rings. The van der Waals surface area contributed by atoms with Crippen LogP contribution in [-0.4, -0.2) is 24.3 Å². The van der Waals surface area contributed by atoms with Crippen molar-refractivity contribution in [2.24, 2.45) is 0 Å². The van der Waals surface area contributed by atoms with Gasteiger partial charge in [0.05, 0.1) is 6.26 Å². The molecule has 0 bridgehead atoms. The van der Waals surface area contributed by atoms with Gasteiger partial charge < -0.3 is 20.0 Å². The summed E-state index contributed by atoms with van der Waals surface area (Å²) in [5, 5.41) is 5.56. The van der Waals surface area contributed by atoms with Gasteiger partial charge in [0, 0.05) is 36.1 Å². The van der Waals surface area contributed by atoms with Crippen LogP contribution in [0.2, 0.25) is 0 Å². The van der Waals surface area contributed by atoms with Crippen molar-refractivity contribution in [2.75, 3.05) is 22.1 Å². The minimum absolute atomic E-state index is 0.000166. The molecular formula is C22H19N3O4. The standard InChI is InChI=1S/C22H19N3O4/c1-14(26)25-11-10-15-13-16(4-9-19(15)25)21(27)23-17-5-7-18(8-6-17)24-22(28)20-3-2-12-29-20/h2-9,12-13H,10-11H2,1H3,(H,23,27)(H,24,28). The highest BCUT2D eigenvalue weighted by molar-refractivity contribution is 6.06. The molecule has 3 aromatic rings. The fourth-order valence-corrected chi connectivity index (χ4v) is 3.31. The number of nitrogens with one attached hydrogen (secondary N) is 2. The SMILES string of the molecule is CC(=O)N1CCc2cc(C(=O)Nc3ccc(NC(=O)c4ccco4)cc3)ccc21. The van der Waals surface area contributed by atoms with Gasteiger partial charge in [0.1, 0.15) is 0 Å². The third kappa shape index (κ3) is 3.89. The second-order valence-electron chi connectivity index (χ2n) is 6.73. The zero-order chi connectivity index (χ0) is 20.4. The summed E-state index contributed by atoms with van der Waals surface area (Å²) in [6.07, 6.45) is 2.17. The van der Waals surface area contributed by atoms with E-state index in [1.54, 1.807) is 47.4 Å². The van der Waals surface area contributed by atoms with Gasteiger partial charge in [-0.15, -0.1) is 0 Å². The lowest BCUT2D eigenvalue weighted by Crippen LogP contribution is -2.25. The highest BCUT2D eigenvalue weighted by atomic mass is 16.3. The molecule has 2 heterocycles. The number of anilines is 3. The number of benzene rings is 2. The maximum Gasteiger partial charge on any atom is 0.291 e.